The summed E-state index contributed by atoms with van der Waals surface area (Å²) in [4.78, 5) is 27.3. The van der Waals surface area contributed by atoms with Gasteiger partial charge in [0.15, 0.2) is 0 Å². The van der Waals surface area contributed by atoms with Gasteiger partial charge in [-0.1, -0.05) is 30.3 Å². The van der Waals surface area contributed by atoms with E-state index in [2.05, 4.69) is 17.0 Å². The molecule has 0 bridgehead atoms. The topological polar surface area (TPSA) is 65.7 Å². The Morgan fingerprint density at radius 2 is 1.28 bits per heavy atom. The molecule has 1 aliphatic heterocycles. The number of nitrogens with zero attached hydrogens (tertiary/aromatic N) is 3. The molecule has 2 atom stereocenters. The van der Waals surface area contributed by atoms with Crippen LogP contribution in [0.4, 0.5) is 0 Å². The molecule has 3 heterocycles. The van der Waals surface area contributed by atoms with Crippen LogP contribution >= 0.6 is 0 Å². The Morgan fingerprint density at radius 3 is 1.72 bits per heavy atom. The van der Waals surface area contributed by atoms with Gasteiger partial charge in [0.1, 0.15) is 11.4 Å². The fourth-order valence-electron chi connectivity index (χ4n) is 4.24. The highest BCUT2D eigenvalue weighted by Gasteiger charge is 2.35. The average Bonchev–Trinajstić information content (AvgIpc) is 3.51. The maximum absolute atomic E-state index is 12.5. The molecule has 0 saturated carbocycles. The molecular weight excluding hydrogens is 406 g/mol. The molecule has 1 fully saturated rings. The molecular formula is C25H29N3O4. The van der Waals surface area contributed by atoms with Crippen LogP contribution < -0.4 is 0 Å². The third kappa shape index (κ3) is 5.11. The summed E-state index contributed by atoms with van der Waals surface area (Å²) in [5, 5.41) is 0. The molecule has 0 spiro atoms. The molecule has 1 aromatic carbocycles. The maximum atomic E-state index is 12.5. The highest BCUT2D eigenvalue weighted by atomic mass is 16.5. The Kier molecular flexibility index (Phi) is 6.75. The highest BCUT2D eigenvalue weighted by Crippen LogP contribution is 2.26. The zero-order valence-corrected chi connectivity index (χ0v) is 18.5. The molecule has 32 heavy (non-hydrogen) atoms. The Labute approximate surface area is 188 Å². The van der Waals surface area contributed by atoms with Crippen LogP contribution in [0, 0.1) is 11.8 Å². The Bertz CT molecular complexity index is 992. The first-order valence-electron chi connectivity index (χ1n) is 10.8. The van der Waals surface area contributed by atoms with Crippen molar-refractivity contribution in [2.45, 2.75) is 6.54 Å². The third-order valence-corrected chi connectivity index (χ3v) is 6.06. The number of rotatable bonds is 8. The molecule has 2 aromatic heterocycles. The van der Waals surface area contributed by atoms with Gasteiger partial charge in [-0.3, -0.25) is 4.90 Å². The molecule has 168 valence electrons. The van der Waals surface area contributed by atoms with Crippen molar-refractivity contribution in [1.82, 2.24) is 14.0 Å². The standard InChI is InChI=1S/C25H29N3O4/c1-26-12-6-10-22(26)24(29)31-17-20-15-28(14-19-8-4-3-5-9-19)16-21(20)18-32-25(30)23-11-7-13-27(23)2/h3-13,20-21H,14-18H2,1-2H3/t20-,21-/m0/s1. The van der Waals surface area contributed by atoms with Gasteiger partial charge in [-0.25, -0.2) is 9.59 Å². The highest BCUT2D eigenvalue weighted by molar-refractivity contribution is 5.88. The summed E-state index contributed by atoms with van der Waals surface area (Å²) in [6.07, 6.45) is 3.64. The Balaban J connectivity index is 1.39. The van der Waals surface area contributed by atoms with Crippen molar-refractivity contribution in [2.75, 3.05) is 26.3 Å². The number of ether oxygens (including phenoxy) is 2. The van der Waals surface area contributed by atoms with Crippen LogP contribution in [0.1, 0.15) is 26.5 Å². The van der Waals surface area contributed by atoms with Gasteiger partial charge in [0.2, 0.25) is 0 Å². The molecule has 4 rings (SSSR count). The smallest absolute Gasteiger partial charge is 0.354 e. The van der Waals surface area contributed by atoms with E-state index in [-0.39, 0.29) is 23.8 Å². The van der Waals surface area contributed by atoms with E-state index in [1.165, 1.54) is 5.56 Å². The lowest BCUT2D eigenvalue weighted by molar-refractivity contribution is 0.0280. The van der Waals surface area contributed by atoms with Gasteiger partial charge in [-0.2, -0.15) is 0 Å². The fourth-order valence-corrected chi connectivity index (χ4v) is 4.24. The number of aromatic nitrogens is 2. The van der Waals surface area contributed by atoms with Gasteiger partial charge in [0, 0.05) is 58.0 Å². The van der Waals surface area contributed by atoms with Crippen molar-refractivity contribution in [1.29, 1.82) is 0 Å². The number of hydrogen-bond donors (Lipinski definition) is 0. The van der Waals surface area contributed by atoms with Gasteiger partial charge < -0.3 is 18.6 Å². The number of hydrogen-bond acceptors (Lipinski definition) is 5. The quantitative estimate of drug-likeness (QED) is 0.509. The SMILES string of the molecule is Cn1cccc1C(=O)OC[C@@H]1CN(Cc2ccccc2)C[C@H]1COC(=O)c1cccn1C. The van der Waals surface area contributed by atoms with Crippen molar-refractivity contribution >= 4 is 11.9 Å². The molecule has 0 aliphatic carbocycles. The maximum Gasteiger partial charge on any atom is 0.354 e. The Morgan fingerprint density at radius 1 is 0.781 bits per heavy atom. The van der Waals surface area contributed by atoms with Gasteiger partial charge in [0.25, 0.3) is 0 Å². The first-order chi connectivity index (χ1) is 15.5. The van der Waals surface area contributed by atoms with E-state index in [0.717, 1.165) is 19.6 Å². The van der Waals surface area contributed by atoms with Crippen molar-refractivity contribution in [2.24, 2.45) is 25.9 Å². The van der Waals surface area contributed by atoms with Gasteiger partial charge in [0.05, 0.1) is 13.2 Å². The molecule has 0 radical (unpaired) electrons. The second kappa shape index (κ2) is 9.87. The largest absolute Gasteiger partial charge is 0.461 e. The van der Waals surface area contributed by atoms with Gasteiger partial charge in [-0.05, 0) is 29.8 Å². The van der Waals surface area contributed by atoms with E-state index in [0.29, 0.717) is 24.6 Å². The summed E-state index contributed by atoms with van der Waals surface area (Å²) >= 11 is 0. The minimum Gasteiger partial charge on any atom is -0.461 e. The van der Waals surface area contributed by atoms with Crippen LogP contribution in [0.2, 0.25) is 0 Å². The summed E-state index contributed by atoms with van der Waals surface area (Å²) in [5.74, 6) is -0.495. The molecule has 7 nitrogen and oxygen atoms in total. The van der Waals surface area contributed by atoms with Crippen molar-refractivity contribution in [3.05, 3.63) is 83.9 Å². The van der Waals surface area contributed by atoms with Gasteiger partial charge in [-0.15, -0.1) is 0 Å². The van der Waals surface area contributed by atoms with Crippen LogP contribution in [0.15, 0.2) is 67.0 Å². The fraction of sp³-hybridized carbons (Fsp3) is 0.360. The van der Waals surface area contributed by atoms with Crippen LogP contribution in [0.5, 0.6) is 0 Å². The summed E-state index contributed by atoms with van der Waals surface area (Å²) in [6.45, 7) is 2.96. The number of benzene rings is 1. The second-order valence-electron chi connectivity index (χ2n) is 8.41. The number of carbonyl (C=O) groups is 2. The Hall–Kier alpha value is -3.32. The zero-order valence-electron chi connectivity index (χ0n) is 18.5. The van der Waals surface area contributed by atoms with Crippen LogP contribution in [0.25, 0.3) is 0 Å². The number of aryl methyl sites for hydroxylation is 2. The summed E-state index contributed by atoms with van der Waals surface area (Å²) in [6, 6.07) is 17.4. The molecule has 1 aliphatic rings. The normalized spacial score (nSPS) is 18.6. The first-order valence-corrected chi connectivity index (χ1v) is 10.8. The monoisotopic (exact) mass is 435 g/mol. The van der Waals surface area contributed by atoms with Crippen LogP contribution in [-0.2, 0) is 30.1 Å². The number of carbonyl (C=O) groups excluding carboxylic acids is 2. The number of esters is 2. The van der Waals surface area contributed by atoms with E-state index >= 15 is 0 Å². The van der Waals surface area contributed by atoms with Crippen molar-refractivity contribution < 1.29 is 19.1 Å². The van der Waals surface area contributed by atoms with E-state index in [1.807, 2.05) is 56.8 Å². The van der Waals surface area contributed by atoms with Crippen LogP contribution in [0.3, 0.4) is 0 Å². The predicted molar refractivity (Wildman–Crippen MR) is 120 cm³/mol. The first kappa shape index (κ1) is 21.9. The van der Waals surface area contributed by atoms with E-state index in [1.54, 1.807) is 21.3 Å². The second-order valence-corrected chi connectivity index (χ2v) is 8.41. The van der Waals surface area contributed by atoms with E-state index in [9.17, 15) is 9.59 Å². The lowest BCUT2D eigenvalue weighted by Crippen LogP contribution is -2.26. The summed E-state index contributed by atoms with van der Waals surface area (Å²) in [7, 11) is 3.64. The lowest BCUT2D eigenvalue weighted by Gasteiger charge is -2.18. The molecule has 3 aromatic rings. The predicted octanol–water partition coefficient (Wildman–Crippen LogP) is 3.13. The van der Waals surface area contributed by atoms with Crippen LogP contribution in [-0.4, -0.2) is 52.3 Å². The summed E-state index contributed by atoms with van der Waals surface area (Å²) < 4.78 is 14.8. The van der Waals surface area contributed by atoms with Crippen molar-refractivity contribution in [3.63, 3.8) is 0 Å². The minimum absolute atomic E-state index is 0.0872. The molecule has 0 N–H and O–H groups in total. The van der Waals surface area contributed by atoms with Crippen molar-refractivity contribution in [3.8, 4) is 0 Å². The molecule has 0 unspecified atom stereocenters. The van der Waals surface area contributed by atoms with E-state index in [4.69, 9.17) is 9.47 Å². The minimum atomic E-state index is -0.335. The molecule has 1 saturated heterocycles. The summed E-state index contributed by atoms with van der Waals surface area (Å²) in [5.41, 5.74) is 2.28. The average molecular weight is 436 g/mol. The molecule has 0 amide bonds. The van der Waals surface area contributed by atoms with E-state index < -0.39 is 0 Å². The molecule has 7 heteroatoms. The zero-order chi connectivity index (χ0) is 22.5. The lowest BCUT2D eigenvalue weighted by atomic mass is 9.98. The van der Waals surface area contributed by atoms with Gasteiger partial charge >= 0.3 is 11.9 Å². The number of likely N-dealkylation sites (tertiary alicyclic amines) is 1. The third-order valence-electron chi connectivity index (χ3n) is 6.06.